The van der Waals surface area contributed by atoms with Crippen molar-refractivity contribution < 1.29 is 9.47 Å². The van der Waals surface area contributed by atoms with Gasteiger partial charge >= 0.3 is 0 Å². The first-order valence-corrected chi connectivity index (χ1v) is 8.91. The lowest BCUT2D eigenvalue weighted by molar-refractivity contribution is 0.414. The minimum absolute atomic E-state index is 0.151. The number of anilines is 2. The summed E-state index contributed by atoms with van der Waals surface area (Å²) in [4.78, 5) is 15.3. The second kappa shape index (κ2) is 7.36. The number of rotatable bonds is 5. The van der Waals surface area contributed by atoms with Gasteiger partial charge in [0.05, 0.1) is 14.2 Å². The fraction of sp³-hybridized carbons (Fsp3) is 0.150. The second-order valence-electron chi connectivity index (χ2n) is 6.06. The zero-order valence-electron chi connectivity index (χ0n) is 15.6. The Morgan fingerprint density at radius 1 is 0.893 bits per heavy atom. The summed E-state index contributed by atoms with van der Waals surface area (Å²) < 4.78 is 12.3. The molecule has 0 saturated carbocycles. The van der Waals surface area contributed by atoms with Crippen molar-refractivity contribution in [2.75, 3.05) is 26.2 Å². The fourth-order valence-electron chi connectivity index (χ4n) is 2.95. The molecule has 4 rings (SSSR count). The summed E-state index contributed by atoms with van der Waals surface area (Å²) in [6, 6.07) is 15.3. The second-order valence-corrected chi connectivity index (χ2v) is 6.40. The molecule has 0 N–H and O–H groups in total. The van der Waals surface area contributed by atoms with Gasteiger partial charge in [0.15, 0.2) is 17.0 Å². The highest BCUT2D eigenvalue weighted by molar-refractivity contribution is 6.28. The lowest BCUT2D eigenvalue weighted by atomic mass is 10.2. The maximum absolute atomic E-state index is 6.24. The highest BCUT2D eigenvalue weighted by atomic mass is 35.5. The van der Waals surface area contributed by atoms with Gasteiger partial charge in [-0.1, -0.05) is 0 Å². The van der Waals surface area contributed by atoms with Crippen molar-refractivity contribution in [2.45, 2.75) is 0 Å². The Balaban J connectivity index is 1.80. The van der Waals surface area contributed by atoms with Gasteiger partial charge in [-0.25, -0.2) is 4.98 Å². The van der Waals surface area contributed by atoms with E-state index in [9.17, 15) is 0 Å². The largest absolute Gasteiger partial charge is 0.497 e. The van der Waals surface area contributed by atoms with E-state index in [1.54, 1.807) is 20.5 Å². The number of aromatic nitrogens is 4. The monoisotopic (exact) mass is 395 g/mol. The summed E-state index contributed by atoms with van der Waals surface area (Å²) in [5, 5.41) is 0.151. The SMILES string of the molecule is COc1ccc(N(C)c2nc(Cl)nc3c2ncn3-c2ccc(OC)cc2)cc1. The molecule has 4 aromatic rings. The van der Waals surface area contributed by atoms with Crippen LogP contribution in [0.2, 0.25) is 5.28 Å². The molecule has 0 amide bonds. The van der Waals surface area contributed by atoms with Gasteiger partial charge in [-0.05, 0) is 60.1 Å². The smallest absolute Gasteiger partial charge is 0.226 e. The van der Waals surface area contributed by atoms with Gasteiger partial charge < -0.3 is 14.4 Å². The Hall–Kier alpha value is -3.32. The summed E-state index contributed by atoms with van der Waals surface area (Å²) in [7, 11) is 5.18. The van der Waals surface area contributed by atoms with Crippen molar-refractivity contribution in [1.29, 1.82) is 0 Å². The molecule has 0 aliphatic carbocycles. The van der Waals surface area contributed by atoms with Crippen LogP contribution >= 0.6 is 11.6 Å². The normalized spacial score (nSPS) is 10.9. The number of hydrogen-bond acceptors (Lipinski definition) is 6. The quantitative estimate of drug-likeness (QED) is 0.470. The van der Waals surface area contributed by atoms with E-state index in [4.69, 9.17) is 21.1 Å². The van der Waals surface area contributed by atoms with E-state index in [0.29, 0.717) is 17.0 Å². The van der Waals surface area contributed by atoms with Crippen LogP contribution in [-0.2, 0) is 0 Å². The van der Waals surface area contributed by atoms with Gasteiger partial charge in [-0.2, -0.15) is 9.97 Å². The Kier molecular flexibility index (Phi) is 4.75. The zero-order valence-corrected chi connectivity index (χ0v) is 16.4. The van der Waals surface area contributed by atoms with Gasteiger partial charge in [-0.3, -0.25) is 4.57 Å². The molecule has 2 aromatic heterocycles. The summed E-state index contributed by atoms with van der Waals surface area (Å²) in [6.07, 6.45) is 1.71. The van der Waals surface area contributed by atoms with Crippen LogP contribution in [0.1, 0.15) is 0 Å². The van der Waals surface area contributed by atoms with E-state index in [-0.39, 0.29) is 5.28 Å². The van der Waals surface area contributed by atoms with Gasteiger partial charge in [0.1, 0.15) is 17.8 Å². The predicted molar refractivity (Wildman–Crippen MR) is 109 cm³/mol. The van der Waals surface area contributed by atoms with Crippen molar-refractivity contribution in [3.05, 3.63) is 60.1 Å². The topological polar surface area (TPSA) is 65.3 Å². The standard InChI is InChI=1S/C20H18ClN5O2/c1-25(13-4-8-15(27-2)9-5-13)18-17-19(24-20(21)23-18)26(12-22-17)14-6-10-16(28-3)11-7-14/h4-12H,1-3H3. The Morgan fingerprint density at radius 2 is 1.50 bits per heavy atom. The van der Waals surface area contributed by atoms with Crippen LogP contribution in [0.5, 0.6) is 11.5 Å². The van der Waals surface area contributed by atoms with Crippen LogP contribution in [-0.4, -0.2) is 40.8 Å². The first kappa shape index (κ1) is 18.1. The molecule has 0 unspecified atom stereocenters. The van der Waals surface area contributed by atoms with Crippen LogP contribution in [0.25, 0.3) is 16.9 Å². The van der Waals surface area contributed by atoms with E-state index in [1.807, 2.05) is 65.0 Å². The number of imidazole rings is 1. The average Bonchev–Trinajstić information content (AvgIpc) is 3.16. The highest BCUT2D eigenvalue weighted by Gasteiger charge is 2.17. The molecule has 0 radical (unpaired) electrons. The third kappa shape index (κ3) is 3.20. The van der Waals surface area contributed by atoms with Crippen LogP contribution in [0.3, 0.4) is 0 Å². The lowest BCUT2D eigenvalue weighted by Gasteiger charge is -2.19. The molecule has 2 aromatic carbocycles. The number of methoxy groups -OCH3 is 2. The number of halogens is 1. The maximum Gasteiger partial charge on any atom is 0.226 e. The molecule has 2 heterocycles. The molecular formula is C20H18ClN5O2. The Bertz CT molecular complexity index is 1110. The van der Waals surface area contributed by atoms with E-state index in [2.05, 4.69) is 15.0 Å². The lowest BCUT2D eigenvalue weighted by Crippen LogP contribution is -2.12. The molecule has 0 saturated heterocycles. The first-order chi connectivity index (χ1) is 13.6. The van der Waals surface area contributed by atoms with Crippen LogP contribution < -0.4 is 14.4 Å². The van der Waals surface area contributed by atoms with Gasteiger partial charge in [0.25, 0.3) is 0 Å². The first-order valence-electron chi connectivity index (χ1n) is 8.53. The van der Waals surface area contributed by atoms with Crippen molar-refractivity contribution in [3.63, 3.8) is 0 Å². The molecule has 0 aliphatic heterocycles. The minimum Gasteiger partial charge on any atom is -0.497 e. The third-order valence-corrected chi connectivity index (χ3v) is 4.65. The average molecular weight is 396 g/mol. The van der Waals surface area contributed by atoms with Gasteiger partial charge in [0.2, 0.25) is 5.28 Å². The third-order valence-electron chi connectivity index (χ3n) is 4.48. The maximum atomic E-state index is 6.24. The van der Waals surface area contributed by atoms with Crippen LogP contribution in [0.4, 0.5) is 11.5 Å². The summed E-state index contributed by atoms with van der Waals surface area (Å²) in [5.74, 6) is 2.18. The van der Waals surface area contributed by atoms with Crippen LogP contribution in [0.15, 0.2) is 54.9 Å². The molecule has 0 fully saturated rings. The van der Waals surface area contributed by atoms with Crippen molar-refractivity contribution in [2.24, 2.45) is 0 Å². The molecule has 0 bridgehead atoms. The molecule has 0 spiro atoms. The van der Waals surface area contributed by atoms with E-state index < -0.39 is 0 Å². The predicted octanol–water partition coefficient (Wildman–Crippen LogP) is 4.25. The number of ether oxygens (including phenoxy) is 2. The van der Waals surface area contributed by atoms with Crippen molar-refractivity contribution >= 4 is 34.3 Å². The van der Waals surface area contributed by atoms with Gasteiger partial charge in [-0.15, -0.1) is 0 Å². The number of fused-ring (bicyclic) bond motifs is 1. The number of nitrogens with zero attached hydrogens (tertiary/aromatic N) is 5. The van der Waals surface area contributed by atoms with Crippen molar-refractivity contribution in [3.8, 4) is 17.2 Å². The Labute approximate surface area is 167 Å². The molecular weight excluding hydrogens is 378 g/mol. The number of hydrogen-bond donors (Lipinski definition) is 0. The summed E-state index contributed by atoms with van der Waals surface area (Å²) in [6.45, 7) is 0. The van der Waals surface area contributed by atoms with E-state index in [0.717, 1.165) is 22.9 Å². The summed E-state index contributed by atoms with van der Waals surface area (Å²) in [5.41, 5.74) is 3.10. The highest BCUT2D eigenvalue weighted by Crippen LogP contribution is 2.31. The van der Waals surface area contributed by atoms with Crippen LogP contribution in [0, 0.1) is 0 Å². The molecule has 142 valence electrons. The molecule has 28 heavy (non-hydrogen) atoms. The fourth-order valence-corrected chi connectivity index (χ4v) is 3.11. The molecule has 0 atom stereocenters. The summed E-state index contributed by atoms with van der Waals surface area (Å²) >= 11 is 6.24. The Morgan fingerprint density at radius 3 is 2.11 bits per heavy atom. The molecule has 8 heteroatoms. The number of benzene rings is 2. The van der Waals surface area contributed by atoms with Gasteiger partial charge in [0, 0.05) is 18.4 Å². The molecule has 7 nitrogen and oxygen atoms in total. The van der Waals surface area contributed by atoms with E-state index in [1.165, 1.54) is 0 Å². The van der Waals surface area contributed by atoms with Crippen molar-refractivity contribution in [1.82, 2.24) is 19.5 Å². The van der Waals surface area contributed by atoms with E-state index >= 15 is 0 Å². The minimum atomic E-state index is 0.151. The zero-order chi connectivity index (χ0) is 19.7. The molecule has 0 aliphatic rings.